The van der Waals surface area contributed by atoms with Crippen LogP contribution in [0.3, 0.4) is 0 Å². The van der Waals surface area contributed by atoms with Crippen molar-refractivity contribution >= 4 is 35.1 Å². The molecule has 0 aliphatic carbocycles. The number of nitrogens with zero attached hydrogens (tertiary/aromatic N) is 1. The minimum absolute atomic E-state index is 0.0404. The minimum Gasteiger partial charge on any atom is -0.397 e. The summed E-state index contributed by atoms with van der Waals surface area (Å²) < 4.78 is 0. The number of carbonyl (C=O) groups is 2. The van der Waals surface area contributed by atoms with Gasteiger partial charge in [-0.05, 0) is 55.3 Å². The third-order valence-electron chi connectivity index (χ3n) is 4.69. The van der Waals surface area contributed by atoms with Gasteiger partial charge in [0.05, 0.1) is 17.9 Å². The van der Waals surface area contributed by atoms with Gasteiger partial charge in [0.1, 0.15) is 0 Å². The van der Waals surface area contributed by atoms with Crippen molar-refractivity contribution in [2.75, 3.05) is 16.0 Å². The third kappa shape index (κ3) is 6.47. The zero-order chi connectivity index (χ0) is 22.9. The predicted molar refractivity (Wildman–Crippen MR) is 131 cm³/mol. The fourth-order valence-electron chi connectivity index (χ4n) is 3.09. The summed E-state index contributed by atoms with van der Waals surface area (Å²) in [7, 11) is 0. The van der Waals surface area contributed by atoms with Gasteiger partial charge in [-0.15, -0.1) is 0 Å². The molecule has 0 aliphatic heterocycles. The second kappa shape index (κ2) is 10.8. The summed E-state index contributed by atoms with van der Waals surface area (Å²) >= 11 is 0. The molecule has 3 rings (SSSR count). The van der Waals surface area contributed by atoms with Crippen LogP contribution in [0.25, 0.3) is 6.08 Å². The Morgan fingerprint density at radius 1 is 0.938 bits per heavy atom. The van der Waals surface area contributed by atoms with Crippen LogP contribution in [0.4, 0.5) is 21.9 Å². The highest BCUT2D eigenvalue weighted by Gasteiger charge is 2.16. The average Bonchev–Trinajstić information content (AvgIpc) is 2.78. The summed E-state index contributed by atoms with van der Waals surface area (Å²) in [6, 6.07) is 24.3. The number of nitrogens with two attached hydrogens (primary N) is 1. The number of para-hydroxylation sites is 3. The lowest BCUT2D eigenvalue weighted by atomic mass is 10.1. The van der Waals surface area contributed by atoms with Crippen LogP contribution in [0.5, 0.6) is 0 Å². The smallest absolute Gasteiger partial charge is 0.322 e. The van der Waals surface area contributed by atoms with Crippen LogP contribution < -0.4 is 21.3 Å². The molecule has 0 aromatic heterocycles. The second-order valence-electron chi connectivity index (χ2n) is 7.68. The summed E-state index contributed by atoms with van der Waals surface area (Å²) in [4.78, 5) is 26.6. The van der Waals surface area contributed by atoms with Crippen molar-refractivity contribution in [2.24, 2.45) is 0 Å². The molecule has 0 radical (unpaired) electrons. The summed E-state index contributed by atoms with van der Waals surface area (Å²) in [5, 5.41) is 5.71. The van der Waals surface area contributed by atoms with Gasteiger partial charge in [-0.1, -0.05) is 54.6 Å². The van der Waals surface area contributed by atoms with Gasteiger partial charge in [0.25, 0.3) is 0 Å². The van der Waals surface area contributed by atoms with Crippen molar-refractivity contribution in [1.82, 2.24) is 5.32 Å². The Kier molecular flexibility index (Phi) is 7.65. The van der Waals surface area contributed by atoms with Crippen LogP contribution in [0.1, 0.15) is 25.0 Å². The number of rotatable bonds is 7. The number of benzene rings is 3. The van der Waals surface area contributed by atoms with E-state index < -0.39 is 0 Å². The van der Waals surface area contributed by atoms with Gasteiger partial charge in [0.15, 0.2) is 0 Å². The topological polar surface area (TPSA) is 87.5 Å². The van der Waals surface area contributed by atoms with Gasteiger partial charge in [0, 0.05) is 17.8 Å². The minimum atomic E-state index is -0.257. The molecule has 0 saturated carbocycles. The average molecular weight is 429 g/mol. The molecule has 4 N–H and O–H groups in total. The molecule has 0 saturated heterocycles. The molecular formula is C26H28N4O2. The van der Waals surface area contributed by atoms with E-state index in [9.17, 15) is 9.59 Å². The van der Waals surface area contributed by atoms with Crippen molar-refractivity contribution < 1.29 is 9.59 Å². The molecule has 0 fully saturated rings. The Balaban J connectivity index is 1.67. The second-order valence-corrected chi connectivity index (χ2v) is 7.68. The van der Waals surface area contributed by atoms with Crippen molar-refractivity contribution in [2.45, 2.75) is 26.4 Å². The lowest BCUT2D eigenvalue weighted by Crippen LogP contribution is -2.42. The predicted octanol–water partition coefficient (Wildman–Crippen LogP) is 5.05. The van der Waals surface area contributed by atoms with Crippen LogP contribution >= 0.6 is 0 Å². The molecular weight excluding hydrogens is 400 g/mol. The SMILES string of the molecule is CC(C)NC(=O)N(Cc1ccc(/C=C/C(=O)Nc2ccccc2N)cc1)c1ccccc1. The van der Waals surface area contributed by atoms with Crippen LogP contribution in [-0.4, -0.2) is 18.0 Å². The molecule has 0 bridgehead atoms. The van der Waals surface area contributed by atoms with Crippen molar-refractivity contribution in [3.63, 3.8) is 0 Å². The van der Waals surface area contributed by atoms with Crippen molar-refractivity contribution in [1.29, 1.82) is 0 Å². The standard InChI is InChI=1S/C26H28N4O2/c1-19(2)28-26(32)30(22-8-4-3-5-9-22)18-21-14-12-20(13-15-21)16-17-25(31)29-24-11-7-6-10-23(24)27/h3-17,19H,18,27H2,1-2H3,(H,28,32)(H,29,31)/b17-16+. The number of nitrogens with one attached hydrogen (secondary N) is 2. The van der Waals surface area contributed by atoms with E-state index in [1.54, 1.807) is 23.1 Å². The van der Waals surface area contributed by atoms with Crippen LogP contribution in [0, 0.1) is 0 Å². The molecule has 0 heterocycles. The van der Waals surface area contributed by atoms with Gasteiger partial charge in [-0.2, -0.15) is 0 Å². The summed E-state index contributed by atoms with van der Waals surface area (Å²) in [5.74, 6) is -0.257. The Morgan fingerprint density at radius 3 is 2.25 bits per heavy atom. The largest absolute Gasteiger partial charge is 0.397 e. The van der Waals surface area contributed by atoms with E-state index in [0.29, 0.717) is 17.9 Å². The van der Waals surface area contributed by atoms with Gasteiger partial charge in [-0.3, -0.25) is 9.69 Å². The first-order valence-electron chi connectivity index (χ1n) is 10.5. The first-order chi connectivity index (χ1) is 15.4. The number of anilines is 3. The van der Waals surface area contributed by atoms with E-state index in [0.717, 1.165) is 16.8 Å². The maximum atomic E-state index is 12.7. The van der Waals surface area contributed by atoms with E-state index in [4.69, 9.17) is 5.73 Å². The van der Waals surface area contributed by atoms with Gasteiger partial charge in [-0.25, -0.2) is 4.79 Å². The fraction of sp³-hybridized carbons (Fsp3) is 0.154. The molecule has 0 spiro atoms. The maximum Gasteiger partial charge on any atom is 0.322 e. The number of amides is 3. The Labute approximate surface area is 188 Å². The zero-order valence-electron chi connectivity index (χ0n) is 18.3. The van der Waals surface area contributed by atoms with Crippen molar-refractivity contribution in [3.05, 3.63) is 96.1 Å². The monoisotopic (exact) mass is 428 g/mol. The number of hydrogen-bond donors (Lipinski definition) is 3. The van der Waals surface area contributed by atoms with E-state index in [1.807, 2.05) is 80.6 Å². The summed E-state index contributed by atoms with van der Waals surface area (Å²) in [6.07, 6.45) is 3.20. The molecule has 3 aromatic carbocycles. The molecule has 32 heavy (non-hydrogen) atoms. The van der Waals surface area contributed by atoms with Crippen LogP contribution in [0.15, 0.2) is 84.9 Å². The fourth-order valence-corrected chi connectivity index (χ4v) is 3.09. The van der Waals surface area contributed by atoms with Gasteiger partial charge in [0.2, 0.25) is 5.91 Å². The molecule has 0 aliphatic rings. The normalized spacial score (nSPS) is 10.8. The molecule has 6 nitrogen and oxygen atoms in total. The zero-order valence-corrected chi connectivity index (χ0v) is 18.3. The highest BCUT2D eigenvalue weighted by Crippen LogP contribution is 2.19. The highest BCUT2D eigenvalue weighted by atomic mass is 16.2. The van der Waals surface area contributed by atoms with Gasteiger partial charge >= 0.3 is 6.03 Å². The number of carbonyl (C=O) groups excluding carboxylic acids is 2. The van der Waals surface area contributed by atoms with Crippen LogP contribution in [0.2, 0.25) is 0 Å². The first-order valence-corrected chi connectivity index (χ1v) is 10.5. The maximum absolute atomic E-state index is 12.7. The van der Waals surface area contributed by atoms with Gasteiger partial charge < -0.3 is 16.4 Å². The third-order valence-corrected chi connectivity index (χ3v) is 4.69. The van der Waals surface area contributed by atoms with Crippen molar-refractivity contribution in [3.8, 4) is 0 Å². The van der Waals surface area contributed by atoms with E-state index in [-0.39, 0.29) is 18.0 Å². The molecule has 164 valence electrons. The molecule has 0 unspecified atom stereocenters. The first kappa shape index (κ1) is 22.6. The van der Waals surface area contributed by atoms with E-state index >= 15 is 0 Å². The number of nitrogen functional groups attached to an aromatic ring is 1. The molecule has 3 amide bonds. The Hall–Kier alpha value is -4.06. The van der Waals surface area contributed by atoms with Crippen LogP contribution in [-0.2, 0) is 11.3 Å². The molecule has 0 atom stereocenters. The summed E-state index contributed by atoms with van der Waals surface area (Å²) in [6.45, 7) is 4.30. The number of urea groups is 1. The molecule has 6 heteroatoms. The van der Waals surface area contributed by atoms with E-state index in [1.165, 1.54) is 6.08 Å². The van der Waals surface area contributed by atoms with E-state index in [2.05, 4.69) is 10.6 Å². The lowest BCUT2D eigenvalue weighted by Gasteiger charge is -2.24. The quantitative estimate of drug-likeness (QED) is 0.364. The Bertz CT molecular complexity index is 1080. The summed E-state index contributed by atoms with van der Waals surface area (Å²) in [5.41, 5.74) is 9.63. The number of hydrogen-bond acceptors (Lipinski definition) is 3. The Morgan fingerprint density at radius 2 is 1.59 bits per heavy atom. The highest BCUT2D eigenvalue weighted by molar-refractivity contribution is 6.03. The molecule has 3 aromatic rings. The lowest BCUT2D eigenvalue weighted by molar-refractivity contribution is -0.111.